The Labute approximate surface area is 124 Å². The molecule has 1 unspecified atom stereocenters. The highest BCUT2D eigenvalue weighted by molar-refractivity contribution is 5.39. The van der Waals surface area contributed by atoms with Gasteiger partial charge in [-0.25, -0.2) is 0 Å². The molecule has 0 radical (unpaired) electrons. The van der Waals surface area contributed by atoms with Crippen LogP contribution in [0.4, 0.5) is 0 Å². The number of para-hydroxylation sites is 2. The van der Waals surface area contributed by atoms with Crippen LogP contribution < -0.4 is 14.2 Å². The molecule has 0 saturated carbocycles. The summed E-state index contributed by atoms with van der Waals surface area (Å²) in [5, 5.41) is 9.60. The van der Waals surface area contributed by atoms with Gasteiger partial charge in [0.2, 0.25) is 0 Å². The molecule has 0 amide bonds. The maximum atomic E-state index is 9.60. The molecule has 1 N–H and O–H groups in total. The fourth-order valence-electron chi connectivity index (χ4n) is 2.08. The molecular weight excluding hydrogens is 268 g/mol. The van der Waals surface area contributed by atoms with Crippen molar-refractivity contribution < 1.29 is 19.3 Å². The molecule has 2 aromatic rings. The van der Waals surface area contributed by atoms with E-state index in [9.17, 15) is 5.11 Å². The molecule has 4 heteroatoms. The molecule has 0 saturated heterocycles. The van der Waals surface area contributed by atoms with Gasteiger partial charge >= 0.3 is 0 Å². The van der Waals surface area contributed by atoms with Crippen LogP contribution >= 0.6 is 0 Å². The number of aliphatic hydroxyl groups excluding tert-OH is 1. The minimum absolute atomic E-state index is 0.00230. The van der Waals surface area contributed by atoms with E-state index in [2.05, 4.69) is 0 Å². The first-order chi connectivity index (χ1) is 10.3. The fraction of sp³-hybridized carbons (Fsp3) is 0.294. The van der Waals surface area contributed by atoms with Crippen LogP contribution in [0.15, 0.2) is 48.5 Å². The normalized spacial score (nSPS) is 11.8. The summed E-state index contributed by atoms with van der Waals surface area (Å²) in [5.41, 5.74) is 0.978. The molecule has 0 aliphatic heterocycles. The summed E-state index contributed by atoms with van der Waals surface area (Å²) in [6.45, 7) is 0.367. The fourth-order valence-corrected chi connectivity index (χ4v) is 2.08. The largest absolute Gasteiger partial charge is 0.497 e. The van der Waals surface area contributed by atoms with Crippen LogP contribution in [0.25, 0.3) is 0 Å². The molecule has 0 aliphatic carbocycles. The van der Waals surface area contributed by atoms with E-state index in [1.54, 1.807) is 14.2 Å². The maximum Gasteiger partial charge on any atom is 0.161 e. The van der Waals surface area contributed by atoms with Crippen molar-refractivity contribution >= 4 is 0 Å². The second kappa shape index (κ2) is 7.55. The molecule has 2 rings (SSSR count). The number of benzene rings is 2. The van der Waals surface area contributed by atoms with Crippen LogP contribution in [0.2, 0.25) is 0 Å². The van der Waals surface area contributed by atoms with Gasteiger partial charge in [-0.3, -0.25) is 0 Å². The van der Waals surface area contributed by atoms with Crippen LogP contribution in [0.5, 0.6) is 17.2 Å². The lowest BCUT2D eigenvalue weighted by Gasteiger charge is -2.17. The zero-order valence-corrected chi connectivity index (χ0v) is 12.3. The number of hydrogen-bond acceptors (Lipinski definition) is 4. The Morgan fingerprint density at radius 3 is 2.38 bits per heavy atom. The minimum Gasteiger partial charge on any atom is -0.497 e. The van der Waals surface area contributed by atoms with E-state index >= 15 is 0 Å². The Hall–Kier alpha value is -2.20. The Balaban J connectivity index is 2.08. The summed E-state index contributed by atoms with van der Waals surface area (Å²) in [6.07, 6.45) is 0. The maximum absolute atomic E-state index is 9.60. The number of ether oxygens (including phenoxy) is 3. The van der Waals surface area contributed by atoms with Crippen molar-refractivity contribution in [2.45, 2.75) is 5.92 Å². The van der Waals surface area contributed by atoms with Crippen molar-refractivity contribution in [3.8, 4) is 17.2 Å². The van der Waals surface area contributed by atoms with Gasteiger partial charge in [-0.2, -0.15) is 0 Å². The summed E-state index contributed by atoms with van der Waals surface area (Å²) >= 11 is 0. The Morgan fingerprint density at radius 1 is 0.952 bits per heavy atom. The van der Waals surface area contributed by atoms with Crippen LogP contribution in [0.3, 0.4) is 0 Å². The summed E-state index contributed by atoms with van der Waals surface area (Å²) in [4.78, 5) is 0. The minimum atomic E-state index is -0.120. The van der Waals surface area contributed by atoms with E-state index in [1.165, 1.54) is 0 Å². The second-order valence-electron chi connectivity index (χ2n) is 4.62. The second-order valence-corrected chi connectivity index (χ2v) is 4.62. The van der Waals surface area contributed by atoms with E-state index < -0.39 is 0 Å². The molecule has 0 fully saturated rings. The Bertz CT molecular complexity index is 568. The summed E-state index contributed by atoms with van der Waals surface area (Å²) in [5.74, 6) is 1.99. The topological polar surface area (TPSA) is 47.9 Å². The SMILES string of the molecule is COc1cccc(C(CO)COc2ccccc2OC)c1. The molecule has 2 aromatic carbocycles. The predicted octanol–water partition coefficient (Wildman–Crippen LogP) is 2.86. The average Bonchev–Trinajstić information content (AvgIpc) is 2.56. The van der Waals surface area contributed by atoms with Gasteiger partial charge in [0.1, 0.15) is 5.75 Å². The first-order valence-corrected chi connectivity index (χ1v) is 6.79. The highest BCUT2D eigenvalue weighted by atomic mass is 16.5. The van der Waals surface area contributed by atoms with Crippen molar-refractivity contribution in [2.75, 3.05) is 27.4 Å². The number of hydrogen-bond donors (Lipinski definition) is 1. The number of aliphatic hydroxyl groups is 1. The lowest BCUT2D eigenvalue weighted by molar-refractivity contribution is 0.200. The lowest BCUT2D eigenvalue weighted by atomic mass is 10.0. The van der Waals surface area contributed by atoms with Crippen molar-refractivity contribution in [1.29, 1.82) is 0 Å². The molecule has 0 heterocycles. The third-order valence-electron chi connectivity index (χ3n) is 3.29. The van der Waals surface area contributed by atoms with E-state index in [-0.39, 0.29) is 12.5 Å². The number of rotatable bonds is 7. The van der Waals surface area contributed by atoms with Crippen molar-refractivity contribution in [3.05, 3.63) is 54.1 Å². The molecule has 112 valence electrons. The molecular formula is C17H20O4. The Kier molecular flexibility index (Phi) is 5.46. The van der Waals surface area contributed by atoms with E-state index in [4.69, 9.17) is 14.2 Å². The zero-order chi connectivity index (χ0) is 15.1. The first-order valence-electron chi connectivity index (χ1n) is 6.79. The molecule has 0 spiro atoms. The molecule has 1 atom stereocenters. The highest BCUT2D eigenvalue weighted by Crippen LogP contribution is 2.28. The molecule has 21 heavy (non-hydrogen) atoms. The molecule has 0 aromatic heterocycles. The van der Waals surface area contributed by atoms with Crippen molar-refractivity contribution in [1.82, 2.24) is 0 Å². The van der Waals surface area contributed by atoms with Crippen LogP contribution in [0.1, 0.15) is 11.5 Å². The summed E-state index contributed by atoms with van der Waals surface area (Å²) < 4.78 is 16.2. The van der Waals surface area contributed by atoms with Gasteiger partial charge in [0, 0.05) is 5.92 Å². The van der Waals surface area contributed by atoms with Gasteiger partial charge in [0.15, 0.2) is 11.5 Å². The number of methoxy groups -OCH3 is 2. The predicted molar refractivity (Wildman–Crippen MR) is 81.3 cm³/mol. The highest BCUT2D eigenvalue weighted by Gasteiger charge is 2.13. The van der Waals surface area contributed by atoms with Crippen molar-refractivity contribution in [3.63, 3.8) is 0 Å². The first kappa shape index (κ1) is 15.2. The summed E-state index contributed by atoms with van der Waals surface area (Å²) in [6, 6.07) is 15.1. The third kappa shape index (κ3) is 3.89. The monoisotopic (exact) mass is 288 g/mol. The van der Waals surface area contributed by atoms with E-state index in [0.717, 1.165) is 11.3 Å². The summed E-state index contributed by atoms with van der Waals surface area (Å²) in [7, 11) is 3.23. The van der Waals surface area contributed by atoms with Gasteiger partial charge in [0.05, 0.1) is 27.4 Å². The standard InChI is InChI=1S/C17H20O4/c1-19-15-7-5-6-13(10-15)14(11-18)12-21-17-9-4-3-8-16(17)20-2/h3-10,14,18H,11-12H2,1-2H3. The van der Waals surface area contributed by atoms with Crippen molar-refractivity contribution in [2.24, 2.45) is 0 Å². The van der Waals surface area contributed by atoms with Gasteiger partial charge in [0.25, 0.3) is 0 Å². The van der Waals surface area contributed by atoms with E-state index in [0.29, 0.717) is 18.1 Å². The molecule has 0 bridgehead atoms. The molecule has 0 aliphatic rings. The van der Waals surface area contributed by atoms with Gasteiger partial charge < -0.3 is 19.3 Å². The zero-order valence-electron chi connectivity index (χ0n) is 12.3. The van der Waals surface area contributed by atoms with Gasteiger partial charge in [-0.05, 0) is 29.8 Å². The van der Waals surface area contributed by atoms with Gasteiger partial charge in [-0.15, -0.1) is 0 Å². The Morgan fingerprint density at radius 2 is 1.71 bits per heavy atom. The van der Waals surface area contributed by atoms with E-state index in [1.807, 2.05) is 48.5 Å². The third-order valence-corrected chi connectivity index (χ3v) is 3.29. The molecule has 4 nitrogen and oxygen atoms in total. The van der Waals surface area contributed by atoms with Crippen LogP contribution in [-0.2, 0) is 0 Å². The van der Waals surface area contributed by atoms with Crippen LogP contribution in [-0.4, -0.2) is 32.5 Å². The lowest BCUT2D eigenvalue weighted by Crippen LogP contribution is -2.14. The quantitative estimate of drug-likeness (QED) is 0.851. The average molecular weight is 288 g/mol. The van der Waals surface area contributed by atoms with Crippen LogP contribution in [0, 0.1) is 0 Å². The van der Waals surface area contributed by atoms with Gasteiger partial charge in [-0.1, -0.05) is 24.3 Å². The smallest absolute Gasteiger partial charge is 0.161 e.